The molecular weight excluding hydrogens is 318 g/mol. The van der Waals surface area contributed by atoms with E-state index in [4.69, 9.17) is 12.2 Å². The monoisotopic (exact) mass is 343 g/mol. The summed E-state index contributed by atoms with van der Waals surface area (Å²) in [6, 6.07) is 8.50. The summed E-state index contributed by atoms with van der Waals surface area (Å²) in [6.45, 7) is 7.08. The summed E-state index contributed by atoms with van der Waals surface area (Å²) in [5.74, 6) is 0. The Morgan fingerprint density at radius 3 is 2.42 bits per heavy atom. The average Bonchev–Trinajstić information content (AvgIpc) is 3.01. The van der Waals surface area contributed by atoms with Gasteiger partial charge in [0.1, 0.15) is 0 Å². The smallest absolute Gasteiger partial charge is 0.173 e. The van der Waals surface area contributed by atoms with Crippen molar-refractivity contribution in [3.8, 4) is 0 Å². The molecular formula is C18H25N5S. The molecule has 2 heterocycles. The number of hydrogen-bond acceptors (Lipinski definition) is 3. The molecule has 0 spiro atoms. The maximum atomic E-state index is 5.57. The van der Waals surface area contributed by atoms with Crippen molar-refractivity contribution in [2.75, 3.05) is 31.5 Å². The van der Waals surface area contributed by atoms with Crippen LogP contribution in [0.4, 0.5) is 5.69 Å². The van der Waals surface area contributed by atoms with Gasteiger partial charge in [-0.25, -0.2) is 0 Å². The molecule has 3 rings (SSSR count). The summed E-state index contributed by atoms with van der Waals surface area (Å²) in [5.41, 5.74) is 3.67. The van der Waals surface area contributed by atoms with Crippen molar-refractivity contribution in [3.63, 3.8) is 0 Å². The fourth-order valence-corrected chi connectivity index (χ4v) is 3.25. The highest BCUT2D eigenvalue weighted by Crippen LogP contribution is 2.13. The molecule has 5 nitrogen and oxygen atoms in total. The molecule has 1 aliphatic heterocycles. The number of nitrogens with one attached hydrogen (secondary N) is 1. The van der Waals surface area contributed by atoms with E-state index in [1.165, 1.54) is 11.1 Å². The molecule has 0 amide bonds. The number of thiocarbonyl (C=S) groups is 1. The van der Waals surface area contributed by atoms with E-state index in [1.807, 2.05) is 17.9 Å². The first-order valence-corrected chi connectivity index (χ1v) is 8.89. The molecule has 0 radical (unpaired) electrons. The number of aromatic nitrogens is 2. The third kappa shape index (κ3) is 4.33. The van der Waals surface area contributed by atoms with Gasteiger partial charge in [0, 0.05) is 57.2 Å². The molecule has 128 valence electrons. The molecule has 1 aromatic carbocycles. The molecule has 0 unspecified atom stereocenters. The van der Waals surface area contributed by atoms with Crippen LogP contribution in [0.15, 0.2) is 36.7 Å². The van der Waals surface area contributed by atoms with E-state index in [2.05, 4.69) is 57.6 Å². The predicted molar refractivity (Wildman–Crippen MR) is 102 cm³/mol. The fraction of sp³-hybridized carbons (Fsp3) is 0.444. The molecule has 1 aromatic heterocycles. The van der Waals surface area contributed by atoms with Gasteiger partial charge in [0.25, 0.3) is 0 Å². The Labute approximate surface area is 149 Å². The Morgan fingerprint density at radius 1 is 1.12 bits per heavy atom. The minimum Gasteiger partial charge on any atom is -0.346 e. The van der Waals surface area contributed by atoms with Crippen LogP contribution in [0.3, 0.4) is 0 Å². The second-order valence-electron chi connectivity index (χ2n) is 6.27. The lowest BCUT2D eigenvalue weighted by Crippen LogP contribution is -2.49. The number of hydrogen-bond donors (Lipinski definition) is 1. The van der Waals surface area contributed by atoms with Gasteiger partial charge in [0.2, 0.25) is 0 Å². The summed E-state index contributed by atoms with van der Waals surface area (Å²) in [7, 11) is 1.96. The summed E-state index contributed by atoms with van der Waals surface area (Å²) in [5, 5.41) is 8.41. The Balaban J connectivity index is 1.47. The van der Waals surface area contributed by atoms with Gasteiger partial charge >= 0.3 is 0 Å². The average molecular weight is 344 g/mol. The minimum absolute atomic E-state index is 0.820. The summed E-state index contributed by atoms with van der Waals surface area (Å²) < 4.78 is 1.86. The molecule has 1 saturated heterocycles. The van der Waals surface area contributed by atoms with E-state index in [0.29, 0.717) is 0 Å². The first-order valence-electron chi connectivity index (χ1n) is 8.49. The van der Waals surface area contributed by atoms with Gasteiger partial charge in [0.05, 0.1) is 6.20 Å². The normalized spacial score (nSPS) is 15.5. The van der Waals surface area contributed by atoms with Crippen molar-refractivity contribution >= 4 is 23.0 Å². The second-order valence-corrected chi connectivity index (χ2v) is 6.65. The van der Waals surface area contributed by atoms with Gasteiger partial charge in [-0.3, -0.25) is 9.58 Å². The molecule has 1 aliphatic rings. The predicted octanol–water partition coefficient (Wildman–Crippen LogP) is 2.50. The van der Waals surface area contributed by atoms with E-state index < -0.39 is 0 Å². The highest BCUT2D eigenvalue weighted by molar-refractivity contribution is 7.80. The van der Waals surface area contributed by atoms with Crippen molar-refractivity contribution in [1.29, 1.82) is 0 Å². The van der Waals surface area contributed by atoms with Crippen molar-refractivity contribution in [2.24, 2.45) is 7.05 Å². The van der Waals surface area contributed by atoms with Crippen LogP contribution in [-0.4, -0.2) is 50.9 Å². The minimum atomic E-state index is 0.820. The van der Waals surface area contributed by atoms with Crippen LogP contribution in [0.2, 0.25) is 0 Å². The first kappa shape index (κ1) is 16.9. The highest BCUT2D eigenvalue weighted by Gasteiger charge is 2.19. The molecule has 1 N–H and O–H groups in total. The maximum absolute atomic E-state index is 5.57. The Kier molecular flexibility index (Phi) is 5.48. The lowest BCUT2D eigenvalue weighted by Gasteiger charge is -2.36. The third-order valence-corrected chi connectivity index (χ3v) is 4.80. The third-order valence-electron chi connectivity index (χ3n) is 4.44. The van der Waals surface area contributed by atoms with E-state index in [9.17, 15) is 0 Å². The molecule has 2 aromatic rings. The molecule has 0 atom stereocenters. The lowest BCUT2D eigenvalue weighted by atomic mass is 10.1. The zero-order chi connectivity index (χ0) is 16.9. The Hall–Kier alpha value is -1.92. The number of piperazine rings is 1. The van der Waals surface area contributed by atoms with Crippen LogP contribution in [0, 0.1) is 0 Å². The molecule has 6 heteroatoms. The standard InChI is InChI=1S/C18H25N5S/c1-3-15-4-6-17(7-5-15)20-18(24)23-10-8-22(9-11-23)14-16-12-19-21(2)13-16/h4-7,12-13H,3,8-11,14H2,1-2H3,(H,20,24). The largest absolute Gasteiger partial charge is 0.346 e. The summed E-state index contributed by atoms with van der Waals surface area (Å²) >= 11 is 5.57. The van der Waals surface area contributed by atoms with Crippen LogP contribution in [0.25, 0.3) is 0 Å². The van der Waals surface area contributed by atoms with E-state index in [-0.39, 0.29) is 0 Å². The van der Waals surface area contributed by atoms with Crippen molar-refractivity contribution < 1.29 is 0 Å². The van der Waals surface area contributed by atoms with Crippen LogP contribution >= 0.6 is 12.2 Å². The van der Waals surface area contributed by atoms with E-state index in [0.717, 1.165) is 49.9 Å². The van der Waals surface area contributed by atoms with Gasteiger partial charge in [-0.05, 0) is 36.3 Å². The first-order chi connectivity index (χ1) is 11.6. The van der Waals surface area contributed by atoms with Crippen molar-refractivity contribution in [1.82, 2.24) is 19.6 Å². The highest BCUT2D eigenvalue weighted by atomic mass is 32.1. The fourth-order valence-electron chi connectivity index (χ4n) is 2.95. The molecule has 24 heavy (non-hydrogen) atoms. The number of nitrogens with zero attached hydrogens (tertiary/aromatic N) is 4. The molecule has 0 bridgehead atoms. The van der Waals surface area contributed by atoms with Crippen molar-refractivity contribution in [2.45, 2.75) is 19.9 Å². The summed E-state index contributed by atoms with van der Waals surface area (Å²) in [6.07, 6.45) is 5.08. The molecule has 0 aliphatic carbocycles. The van der Waals surface area contributed by atoms with Gasteiger partial charge < -0.3 is 10.2 Å². The van der Waals surface area contributed by atoms with E-state index in [1.54, 1.807) is 0 Å². The molecule has 1 fully saturated rings. The van der Waals surface area contributed by atoms with Crippen LogP contribution in [0.1, 0.15) is 18.1 Å². The van der Waals surface area contributed by atoms with E-state index >= 15 is 0 Å². The molecule has 0 saturated carbocycles. The van der Waals surface area contributed by atoms with Crippen LogP contribution < -0.4 is 5.32 Å². The Bertz CT molecular complexity index is 671. The topological polar surface area (TPSA) is 36.3 Å². The number of benzene rings is 1. The van der Waals surface area contributed by atoms with Gasteiger partial charge in [-0.15, -0.1) is 0 Å². The lowest BCUT2D eigenvalue weighted by molar-refractivity contribution is 0.177. The summed E-state index contributed by atoms with van der Waals surface area (Å²) in [4.78, 5) is 4.70. The second kappa shape index (κ2) is 7.77. The quantitative estimate of drug-likeness (QED) is 0.863. The van der Waals surface area contributed by atoms with Gasteiger partial charge in [0.15, 0.2) is 5.11 Å². The van der Waals surface area contributed by atoms with Gasteiger partial charge in [-0.1, -0.05) is 19.1 Å². The van der Waals surface area contributed by atoms with Crippen molar-refractivity contribution in [3.05, 3.63) is 47.8 Å². The van der Waals surface area contributed by atoms with Gasteiger partial charge in [-0.2, -0.15) is 5.10 Å². The van der Waals surface area contributed by atoms with Crippen LogP contribution in [0.5, 0.6) is 0 Å². The maximum Gasteiger partial charge on any atom is 0.173 e. The number of anilines is 1. The Morgan fingerprint density at radius 2 is 1.83 bits per heavy atom. The zero-order valence-electron chi connectivity index (χ0n) is 14.4. The number of rotatable bonds is 4. The zero-order valence-corrected chi connectivity index (χ0v) is 15.2. The number of aryl methyl sites for hydroxylation is 2. The SMILES string of the molecule is CCc1ccc(NC(=S)N2CCN(Cc3cnn(C)c3)CC2)cc1. The van der Waals surface area contributed by atoms with Crippen LogP contribution in [-0.2, 0) is 20.0 Å².